The topological polar surface area (TPSA) is 90.3 Å². The summed E-state index contributed by atoms with van der Waals surface area (Å²) in [4.78, 5) is 41.4. The fraction of sp³-hybridized carbons (Fsp3) is 0.429. The Morgan fingerprint density at radius 1 is 1.21 bits per heavy atom. The van der Waals surface area contributed by atoms with E-state index in [2.05, 4.69) is 10.3 Å². The van der Waals surface area contributed by atoms with Crippen LogP contribution in [0, 0.1) is 6.92 Å². The maximum absolute atomic E-state index is 12.6. The molecule has 7 heteroatoms. The van der Waals surface area contributed by atoms with Gasteiger partial charge in [-0.25, -0.2) is 9.78 Å². The number of benzene rings is 1. The molecule has 0 spiro atoms. The van der Waals surface area contributed by atoms with E-state index in [9.17, 15) is 14.4 Å². The Balaban J connectivity index is 1.63. The molecule has 0 saturated carbocycles. The highest BCUT2D eigenvalue weighted by atomic mass is 16.5. The smallest absolute Gasteiger partial charge is 0.338 e. The van der Waals surface area contributed by atoms with Crippen LogP contribution in [0.3, 0.4) is 0 Å². The first-order chi connectivity index (χ1) is 13.5. The lowest BCUT2D eigenvalue weighted by Crippen LogP contribution is -2.32. The van der Waals surface area contributed by atoms with Crippen molar-refractivity contribution in [2.45, 2.75) is 52.5 Å². The zero-order valence-corrected chi connectivity index (χ0v) is 16.3. The third kappa shape index (κ3) is 4.47. The number of hydrogen-bond acceptors (Lipinski definition) is 5. The summed E-state index contributed by atoms with van der Waals surface area (Å²) in [6.07, 6.45) is 4.27. The van der Waals surface area contributed by atoms with Crippen molar-refractivity contribution in [2.24, 2.45) is 0 Å². The normalized spacial score (nSPS) is 12.5. The lowest BCUT2D eigenvalue weighted by atomic mass is 10.2. The Morgan fingerprint density at radius 3 is 2.68 bits per heavy atom. The monoisotopic (exact) mass is 383 g/mol. The number of rotatable bonds is 7. The van der Waals surface area contributed by atoms with Gasteiger partial charge < -0.3 is 10.1 Å². The molecule has 0 atom stereocenters. The SMILES string of the molecule is CCCCOC(=O)c1ccc(NC(=O)Cn2c(C)nc3c(c2=O)CCC3)cc1. The second kappa shape index (κ2) is 8.82. The van der Waals surface area contributed by atoms with E-state index >= 15 is 0 Å². The average molecular weight is 383 g/mol. The van der Waals surface area contributed by atoms with Gasteiger partial charge in [-0.2, -0.15) is 0 Å². The standard InChI is InChI=1S/C21H25N3O4/c1-3-4-12-28-21(27)15-8-10-16(11-9-15)23-19(25)13-24-14(2)22-18-7-5-6-17(18)20(24)26/h8-11H,3-7,12-13H2,1-2H3,(H,23,25). The Morgan fingerprint density at radius 2 is 1.96 bits per heavy atom. The van der Waals surface area contributed by atoms with Crippen LogP contribution in [0.2, 0.25) is 0 Å². The third-order valence-electron chi connectivity index (χ3n) is 4.82. The quantitative estimate of drug-likeness (QED) is 0.586. The molecule has 28 heavy (non-hydrogen) atoms. The fourth-order valence-corrected chi connectivity index (χ4v) is 3.26. The molecule has 3 rings (SSSR count). The maximum atomic E-state index is 12.6. The molecule has 1 aliphatic carbocycles. The molecule has 0 unspecified atom stereocenters. The van der Waals surface area contributed by atoms with Crippen LogP contribution in [-0.2, 0) is 28.9 Å². The molecule has 0 radical (unpaired) electrons. The predicted octanol–water partition coefficient (Wildman–Crippen LogP) is 2.64. The highest BCUT2D eigenvalue weighted by Crippen LogP contribution is 2.16. The summed E-state index contributed by atoms with van der Waals surface area (Å²) in [7, 11) is 0. The van der Waals surface area contributed by atoms with Crippen LogP contribution in [0.15, 0.2) is 29.1 Å². The third-order valence-corrected chi connectivity index (χ3v) is 4.82. The number of anilines is 1. The van der Waals surface area contributed by atoms with Gasteiger partial charge >= 0.3 is 5.97 Å². The first-order valence-corrected chi connectivity index (χ1v) is 9.65. The molecule has 148 valence electrons. The summed E-state index contributed by atoms with van der Waals surface area (Å²) < 4.78 is 6.58. The molecule has 1 aromatic carbocycles. The van der Waals surface area contributed by atoms with Gasteiger partial charge in [-0.1, -0.05) is 13.3 Å². The van der Waals surface area contributed by atoms with E-state index in [1.54, 1.807) is 31.2 Å². The largest absolute Gasteiger partial charge is 0.462 e. The van der Waals surface area contributed by atoms with E-state index in [0.717, 1.165) is 43.4 Å². The molecule has 1 N–H and O–H groups in total. The molecule has 2 aromatic rings. The highest BCUT2D eigenvalue weighted by molar-refractivity contribution is 5.93. The maximum Gasteiger partial charge on any atom is 0.338 e. The summed E-state index contributed by atoms with van der Waals surface area (Å²) in [6.45, 7) is 4.08. The van der Waals surface area contributed by atoms with Crippen molar-refractivity contribution in [1.82, 2.24) is 9.55 Å². The van der Waals surface area contributed by atoms with E-state index < -0.39 is 0 Å². The first kappa shape index (κ1) is 19.8. The molecular formula is C21H25N3O4. The van der Waals surface area contributed by atoms with Gasteiger partial charge in [0.2, 0.25) is 5.91 Å². The number of esters is 1. The van der Waals surface area contributed by atoms with Crippen LogP contribution < -0.4 is 10.9 Å². The van der Waals surface area contributed by atoms with Gasteiger partial charge in [0.25, 0.3) is 5.56 Å². The fourth-order valence-electron chi connectivity index (χ4n) is 3.26. The number of nitrogens with one attached hydrogen (secondary N) is 1. The average Bonchev–Trinajstić information content (AvgIpc) is 3.14. The Labute approximate surface area is 163 Å². The summed E-state index contributed by atoms with van der Waals surface area (Å²) >= 11 is 0. The summed E-state index contributed by atoms with van der Waals surface area (Å²) in [5.41, 5.74) is 2.45. The Hall–Kier alpha value is -2.96. The first-order valence-electron chi connectivity index (χ1n) is 9.65. The molecule has 0 fully saturated rings. The number of unbranched alkanes of at least 4 members (excludes halogenated alkanes) is 1. The van der Waals surface area contributed by atoms with E-state index in [1.165, 1.54) is 4.57 Å². The minimum Gasteiger partial charge on any atom is -0.462 e. The van der Waals surface area contributed by atoms with Crippen LogP contribution in [0.4, 0.5) is 5.69 Å². The second-order valence-corrected chi connectivity index (χ2v) is 6.94. The van der Waals surface area contributed by atoms with Crippen molar-refractivity contribution < 1.29 is 14.3 Å². The molecule has 7 nitrogen and oxygen atoms in total. The van der Waals surface area contributed by atoms with E-state index in [4.69, 9.17) is 4.74 Å². The summed E-state index contributed by atoms with van der Waals surface area (Å²) in [5.74, 6) is -0.146. The number of amides is 1. The zero-order chi connectivity index (χ0) is 20.1. The molecule has 0 bridgehead atoms. The van der Waals surface area contributed by atoms with Gasteiger partial charge in [-0.05, 0) is 56.9 Å². The molecule has 1 amide bonds. The Kier molecular flexibility index (Phi) is 6.23. The van der Waals surface area contributed by atoms with Gasteiger partial charge in [-0.3, -0.25) is 14.2 Å². The number of hydrogen-bond donors (Lipinski definition) is 1. The van der Waals surface area contributed by atoms with Gasteiger partial charge in [0.1, 0.15) is 12.4 Å². The number of aryl methyl sites for hydroxylation is 2. The van der Waals surface area contributed by atoms with Crippen molar-refractivity contribution in [3.05, 3.63) is 57.3 Å². The van der Waals surface area contributed by atoms with Gasteiger partial charge in [0, 0.05) is 11.3 Å². The lowest BCUT2D eigenvalue weighted by molar-refractivity contribution is -0.116. The summed E-state index contributed by atoms with van der Waals surface area (Å²) in [5, 5.41) is 2.75. The van der Waals surface area contributed by atoms with Crippen LogP contribution in [0.25, 0.3) is 0 Å². The van der Waals surface area contributed by atoms with Crippen LogP contribution in [0.1, 0.15) is 53.6 Å². The van der Waals surface area contributed by atoms with E-state index in [0.29, 0.717) is 23.7 Å². The predicted molar refractivity (Wildman–Crippen MR) is 106 cm³/mol. The molecule has 1 aromatic heterocycles. The van der Waals surface area contributed by atoms with Gasteiger partial charge in [-0.15, -0.1) is 0 Å². The number of aromatic nitrogens is 2. The van der Waals surface area contributed by atoms with E-state index in [-0.39, 0.29) is 24.0 Å². The summed E-state index contributed by atoms with van der Waals surface area (Å²) in [6, 6.07) is 6.51. The minimum absolute atomic E-state index is 0.0915. The highest BCUT2D eigenvalue weighted by Gasteiger charge is 2.20. The number of carbonyl (C=O) groups excluding carboxylic acids is 2. The number of fused-ring (bicyclic) bond motifs is 1. The van der Waals surface area contributed by atoms with Gasteiger partial charge in [0.05, 0.1) is 17.9 Å². The Bertz CT molecular complexity index is 932. The minimum atomic E-state index is -0.377. The van der Waals surface area contributed by atoms with E-state index in [1.807, 2.05) is 6.92 Å². The lowest BCUT2D eigenvalue weighted by Gasteiger charge is -2.12. The molecular weight excluding hydrogens is 358 g/mol. The number of carbonyl (C=O) groups is 2. The van der Waals surface area contributed by atoms with Crippen molar-refractivity contribution >= 4 is 17.6 Å². The van der Waals surface area contributed by atoms with Crippen molar-refractivity contribution in [3.63, 3.8) is 0 Å². The molecule has 1 aliphatic rings. The number of ether oxygens (including phenoxy) is 1. The van der Waals surface area contributed by atoms with Crippen LogP contribution >= 0.6 is 0 Å². The number of nitrogens with zero attached hydrogens (tertiary/aromatic N) is 2. The van der Waals surface area contributed by atoms with Crippen LogP contribution in [-0.4, -0.2) is 28.0 Å². The zero-order valence-electron chi connectivity index (χ0n) is 16.3. The van der Waals surface area contributed by atoms with Gasteiger partial charge in [0.15, 0.2) is 0 Å². The van der Waals surface area contributed by atoms with Crippen molar-refractivity contribution in [3.8, 4) is 0 Å². The molecule has 1 heterocycles. The van der Waals surface area contributed by atoms with Crippen molar-refractivity contribution in [1.29, 1.82) is 0 Å². The molecule has 0 saturated heterocycles. The second-order valence-electron chi connectivity index (χ2n) is 6.94. The molecule has 0 aliphatic heterocycles. The van der Waals surface area contributed by atoms with Crippen molar-refractivity contribution in [2.75, 3.05) is 11.9 Å². The van der Waals surface area contributed by atoms with Crippen LogP contribution in [0.5, 0.6) is 0 Å².